The number of anilines is 1. The Morgan fingerprint density at radius 2 is 2.25 bits per heavy atom. The average Bonchev–Trinajstić information content (AvgIpc) is 2.26. The van der Waals surface area contributed by atoms with E-state index in [0.29, 0.717) is 17.3 Å². The van der Waals surface area contributed by atoms with Gasteiger partial charge in [-0.2, -0.15) is 0 Å². The zero-order valence-electron chi connectivity index (χ0n) is 9.98. The lowest BCUT2D eigenvalue weighted by atomic mass is 10.4. The zero-order chi connectivity index (χ0) is 12.0. The van der Waals surface area contributed by atoms with Crippen LogP contribution in [-0.4, -0.2) is 35.0 Å². The Morgan fingerprint density at radius 3 is 2.88 bits per heavy atom. The standard InChI is InChI=1S/C11H18BrN3O/c1-4-5-16-11-6-10(13-8-14-11)15(3)7-9(2)12/h6,8-9H,4-5,7H2,1-3H3. The summed E-state index contributed by atoms with van der Waals surface area (Å²) < 4.78 is 5.46. The van der Waals surface area contributed by atoms with Gasteiger partial charge in [0.1, 0.15) is 12.1 Å². The van der Waals surface area contributed by atoms with Crippen molar-refractivity contribution in [1.29, 1.82) is 0 Å². The van der Waals surface area contributed by atoms with Gasteiger partial charge < -0.3 is 9.64 Å². The van der Waals surface area contributed by atoms with Crippen LogP contribution >= 0.6 is 15.9 Å². The second kappa shape index (κ2) is 6.68. The molecule has 1 heterocycles. The predicted octanol–water partition coefficient (Wildman–Crippen LogP) is 2.49. The lowest BCUT2D eigenvalue weighted by Gasteiger charge is -2.19. The fourth-order valence-corrected chi connectivity index (χ4v) is 1.73. The van der Waals surface area contributed by atoms with Crippen LogP contribution in [0.1, 0.15) is 20.3 Å². The van der Waals surface area contributed by atoms with Gasteiger partial charge in [-0.25, -0.2) is 9.97 Å². The third-order valence-electron chi connectivity index (χ3n) is 2.00. The molecule has 1 aromatic heterocycles. The number of rotatable bonds is 6. The highest BCUT2D eigenvalue weighted by Gasteiger charge is 2.07. The Bertz CT molecular complexity index is 320. The Kier molecular flexibility index (Phi) is 5.52. The predicted molar refractivity (Wildman–Crippen MR) is 69.5 cm³/mol. The fraction of sp³-hybridized carbons (Fsp3) is 0.636. The molecule has 0 spiro atoms. The van der Waals surface area contributed by atoms with E-state index in [-0.39, 0.29) is 0 Å². The van der Waals surface area contributed by atoms with Crippen LogP contribution in [0.2, 0.25) is 0 Å². The summed E-state index contributed by atoms with van der Waals surface area (Å²) in [6.07, 6.45) is 2.52. The van der Waals surface area contributed by atoms with Gasteiger partial charge in [0.05, 0.1) is 6.61 Å². The van der Waals surface area contributed by atoms with E-state index in [1.165, 1.54) is 6.33 Å². The minimum atomic E-state index is 0.424. The Morgan fingerprint density at radius 1 is 1.50 bits per heavy atom. The summed E-state index contributed by atoms with van der Waals surface area (Å²) in [6.45, 7) is 5.76. The molecule has 0 aliphatic carbocycles. The molecular formula is C11H18BrN3O. The molecule has 4 nitrogen and oxygen atoms in total. The molecule has 1 rings (SSSR count). The SMILES string of the molecule is CCCOc1cc(N(C)CC(C)Br)ncn1. The number of hydrogen-bond donors (Lipinski definition) is 0. The van der Waals surface area contributed by atoms with Gasteiger partial charge in [-0.15, -0.1) is 0 Å². The summed E-state index contributed by atoms with van der Waals surface area (Å²) >= 11 is 3.52. The minimum Gasteiger partial charge on any atom is -0.478 e. The van der Waals surface area contributed by atoms with Crippen LogP contribution in [0.15, 0.2) is 12.4 Å². The smallest absolute Gasteiger partial charge is 0.218 e. The molecule has 16 heavy (non-hydrogen) atoms. The van der Waals surface area contributed by atoms with Gasteiger partial charge in [0.15, 0.2) is 0 Å². The van der Waals surface area contributed by atoms with Crippen LogP contribution < -0.4 is 9.64 Å². The summed E-state index contributed by atoms with van der Waals surface area (Å²) in [7, 11) is 2.00. The molecule has 1 atom stereocenters. The highest BCUT2D eigenvalue weighted by Crippen LogP contribution is 2.15. The first-order valence-corrected chi connectivity index (χ1v) is 6.35. The van der Waals surface area contributed by atoms with E-state index in [1.54, 1.807) is 0 Å². The second-order valence-corrected chi connectivity index (χ2v) is 5.29. The van der Waals surface area contributed by atoms with Crippen LogP contribution in [0, 0.1) is 0 Å². The van der Waals surface area contributed by atoms with Crippen molar-refractivity contribution < 1.29 is 4.74 Å². The first-order chi connectivity index (χ1) is 7.63. The van der Waals surface area contributed by atoms with E-state index < -0.39 is 0 Å². The molecule has 0 aliphatic heterocycles. The van der Waals surface area contributed by atoms with Crippen molar-refractivity contribution in [2.75, 3.05) is 25.1 Å². The van der Waals surface area contributed by atoms with E-state index in [1.807, 2.05) is 13.1 Å². The minimum absolute atomic E-state index is 0.424. The molecule has 0 aliphatic rings. The number of alkyl halides is 1. The first kappa shape index (κ1) is 13.2. The number of halogens is 1. The van der Waals surface area contributed by atoms with Crippen LogP contribution in [0.4, 0.5) is 5.82 Å². The van der Waals surface area contributed by atoms with Gasteiger partial charge in [-0.1, -0.05) is 29.8 Å². The van der Waals surface area contributed by atoms with Gasteiger partial charge in [-0.3, -0.25) is 0 Å². The number of hydrogen-bond acceptors (Lipinski definition) is 4. The summed E-state index contributed by atoms with van der Waals surface area (Å²) in [6, 6.07) is 1.87. The lowest BCUT2D eigenvalue weighted by Crippen LogP contribution is -2.24. The molecule has 0 N–H and O–H groups in total. The van der Waals surface area contributed by atoms with E-state index in [2.05, 4.69) is 44.6 Å². The maximum Gasteiger partial charge on any atom is 0.218 e. The summed E-state index contributed by atoms with van der Waals surface area (Å²) in [4.78, 5) is 10.8. The Balaban J connectivity index is 2.65. The zero-order valence-corrected chi connectivity index (χ0v) is 11.6. The van der Waals surface area contributed by atoms with Crippen molar-refractivity contribution in [2.24, 2.45) is 0 Å². The molecule has 1 aromatic rings. The van der Waals surface area contributed by atoms with Gasteiger partial charge >= 0.3 is 0 Å². The van der Waals surface area contributed by atoms with Crippen LogP contribution in [-0.2, 0) is 0 Å². The van der Waals surface area contributed by atoms with Crippen LogP contribution in [0.5, 0.6) is 5.88 Å². The third kappa shape index (κ3) is 4.35. The van der Waals surface area contributed by atoms with Gasteiger partial charge in [0, 0.05) is 24.5 Å². The number of nitrogens with zero attached hydrogens (tertiary/aromatic N) is 3. The van der Waals surface area contributed by atoms with E-state index in [4.69, 9.17) is 4.74 Å². The summed E-state index contributed by atoms with van der Waals surface area (Å²) in [5.41, 5.74) is 0. The molecular weight excluding hydrogens is 270 g/mol. The quantitative estimate of drug-likeness (QED) is 0.754. The lowest BCUT2D eigenvalue weighted by molar-refractivity contribution is 0.304. The fourth-order valence-electron chi connectivity index (χ4n) is 1.30. The van der Waals surface area contributed by atoms with Crippen LogP contribution in [0.25, 0.3) is 0 Å². The molecule has 0 radical (unpaired) electrons. The molecule has 90 valence electrons. The van der Waals surface area contributed by atoms with E-state index in [0.717, 1.165) is 18.8 Å². The van der Waals surface area contributed by atoms with Crippen LogP contribution in [0.3, 0.4) is 0 Å². The molecule has 0 aromatic carbocycles. The normalized spacial score (nSPS) is 12.2. The molecule has 0 bridgehead atoms. The van der Waals surface area contributed by atoms with Crippen molar-refractivity contribution in [3.63, 3.8) is 0 Å². The molecule has 0 saturated heterocycles. The Labute approximate surface area is 105 Å². The molecule has 5 heteroatoms. The summed E-state index contributed by atoms with van der Waals surface area (Å²) in [5, 5.41) is 0. The van der Waals surface area contributed by atoms with Crippen molar-refractivity contribution in [2.45, 2.75) is 25.1 Å². The monoisotopic (exact) mass is 287 g/mol. The molecule has 1 unspecified atom stereocenters. The largest absolute Gasteiger partial charge is 0.478 e. The van der Waals surface area contributed by atoms with Crippen molar-refractivity contribution >= 4 is 21.7 Å². The summed E-state index contributed by atoms with van der Waals surface area (Å²) in [5.74, 6) is 1.52. The maximum atomic E-state index is 5.46. The van der Waals surface area contributed by atoms with Gasteiger partial charge in [0.25, 0.3) is 0 Å². The first-order valence-electron chi connectivity index (χ1n) is 5.43. The highest BCUT2D eigenvalue weighted by atomic mass is 79.9. The molecule has 0 saturated carbocycles. The van der Waals surface area contributed by atoms with Crippen molar-refractivity contribution in [1.82, 2.24) is 9.97 Å². The maximum absolute atomic E-state index is 5.46. The Hall–Kier alpha value is -0.840. The average molecular weight is 288 g/mol. The van der Waals surface area contributed by atoms with Crippen molar-refractivity contribution in [3.05, 3.63) is 12.4 Å². The van der Waals surface area contributed by atoms with E-state index in [9.17, 15) is 0 Å². The number of aromatic nitrogens is 2. The number of ether oxygens (including phenoxy) is 1. The van der Waals surface area contributed by atoms with Gasteiger partial charge in [0.2, 0.25) is 5.88 Å². The highest BCUT2D eigenvalue weighted by molar-refractivity contribution is 9.09. The third-order valence-corrected chi connectivity index (χ3v) is 2.29. The van der Waals surface area contributed by atoms with E-state index >= 15 is 0 Å². The molecule has 0 fully saturated rings. The molecule has 0 amide bonds. The second-order valence-electron chi connectivity index (χ2n) is 3.72. The topological polar surface area (TPSA) is 38.2 Å². The van der Waals surface area contributed by atoms with Crippen molar-refractivity contribution in [3.8, 4) is 5.88 Å². The van der Waals surface area contributed by atoms with Gasteiger partial charge in [-0.05, 0) is 6.42 Å².